The van der Waals surface area contributed by atoms with Gasteiger partial charge in [0.25, 0.3) is 0 Å². The molecule has 2 N–H and O–H groups in total. The number of allylic oxidation sites excluding steroid dienone is 3. The molecule has 0 amide bonds. The van der Waals surface area contributed by atoms with Crippen LogP contribution in [-0.4, -0.2) is 4.57 Å². The van der Waals surface area contributed by atoms with Crippen LogP contribution in [0.15, 0.2) is 133 Å². The van der Waals surface area contributed by atoms with Gasteiger partial charge in [0, 0.05) is 27.9 Å². The first kappa shape index (κ1) is 23.0. The van der Waals surface area contributed by atoms with E-state index in [2.05, 4.69) is 137 Å². The van der Waals surface area contributed by atoms with Gasteiger partial charge in [0.05, 0.1) is 11.2 Å². The zero-order valence-corrected chi connectivity index (χ0v) is 22.0. The molecule has 4 nitrogen and oxygen atoms in total. The molecule has 1 aromatic heterocycles. The SMILES string of the molecule is C1=C(c2ccccc2)C=C(c2ccccc2)NC1n1c2c(c3ccccc31)C1=C(CC2)NC(c2ccccc2)O1. The Morgan fingerprint density at radius 2 is 1.35 bits per heavy atom. The van der Waals surface area contributed by atoms with Gasteiger partial charge in [-0.2, -0.15) is 0 Å². The predicted molar refractivity (Wildman–Crippen MR) is 162 cm³/mol. The molecule has 0 saturated heterocycles. The molecule has 0 saturated carbocycles. The van der Waals surface area contributed by atoms with Crippen LogP contribution in [0.5, 0.6) is 0 Å². The van der Waals surface area contributed by atoms with Crippen LogP contribution in [0.4, 0.5) is 0 Å². The summed E-state index contributed by atoms with van der Waals surface area (Å²) in [5, 5.41) is 8.78. The van der Waals surface area contributed by atoms with Crippen LogP contribution >= 0.6 is 0 Å². The molecule has 40 heavy (non-hydrogen) atoms. The van der Waals surface area contributed by atoms with Gasteiger partial charge in [0.2, 0.25) is 0 Å². The third-order valence-corrected chi connectivity index (χ3v) is 8.18. The number of ether oxygens (including phenoxy) is 1. The third-order valence-electron chi connectivity index (χ3n) is 8.18. The van der Waals surface area contributed by atoms with Crippen molar-refractivity contribution in [2.24, 2.45) is 0 Å². The Kier molecular flexibility index (Phi) is 5.37. The molecule has 5 aromatic rings. The van der Waals surface area contributed by atoms with Gasteiger partial charge >= 0.3 is 0 Å². The summed E-state index contributed by atoms with van der Waals surface area (Å²) in [5.74, 6) is 0.993. The smallest absolute Gasteiger partial charge is 0.196 e. The van der Waals surface area contributed by atoms with E-state index in [4.69, 9.17) is 4.74 Å². The van der Waals surface area contributed by atoms with Crippen molar-refractivity contribution in [1.29, 1.82) is 0 Å². The minimum Gasteiger partial charge on any atom is -0.464 e. The second-order valence-corrected chi connectivity index (χ2v) is 10.6. The Labute approximate surface area is 233 Å². The summed E-state index contributed by atoms with van der Waals surface area (Å²) in [6.07, 6.45) is 6.28. The van der Waals surface area contributed by atoms with Crippen LogP contribution in [0.1, 0.15) is 46.8 Å². The summed E-state index contributed by atoms with van der Waals surface area (Å²) in [6.45, 7) is 0. The van der Waals surface area contributed by atoms with Crippen molar-refractivity contribution >= 4 is 27.9 Å². The van der Waals surface area contributed by atoms with E-state index >= 15 is 0 Å². The first-order valence-corrected chi connectivity index (χ1v) is 14.0. The largest absolute Gasteiger partial charge is 0.464 e. The summed E-state index contributed by atoms with van der Waals surface area (Å²) in [7, 11) is 0. The fourth-order valence-electron chi connectivity index (χ4n) is 6.34. The van der Waals surface area contributed by atoms with Gasteiger partial charge in [-0.25, -0.2) is 0 Å². The number of benzene rings is 4. The molecule has 2 unspecified atom stereocenters. The average molecular weight is 520 g/mol. The number of hydrogen-bond acceptors (Lipinski definition) is 3. The Bertz CT molecular complexity index is 1810. The van der Waals surface area contributed by atoms with Crippen LogP contribution in [0.2, 0.25) is 0 Å². The first-order valence-electron chi connectivity index (χ1n) is 14.0. The molecule has 4 aromatic carbocycles. The summed E-state index contributed by atoms with van der Waals surface area (Å²) in [5.41, 5.74) is 10.8. The topological polar surface area (TPSA) is 38.2 Å². The number of aromatic nitrogens is 1. The molecule has 3 heterocycles. The molecular formula is C36H29N3O. The van der Waals surface area contributed by atoms with Crippen molar-refractivity contribution in [1.82, 2.24) is 15.2 Å². The van der Waals surface area contributed by atoms with E-state index in [9.17, 15) is 0 Å². The monoisotopic (exact) mass is 519 g/mol. The van der Waals surface area contributed by atoms with Crippen molar-refractivity contribution in [3.63, 3.8) is 0 Å². The number of rotatable bonds is 4. The van der Waals surface area contributed by atoms with Crippen molar-refractivity contribution in [2.75, 3.05) is 0 Å². The highest BCUT2D eigenvalue weighted by atomic mass is 16.5. The Hall–Kier alpha value is -4.96. The fraction of sp³-hybridized carbons (Fsp3) is 0.111. The molecule has 8 rings (SSSR count). The van der Waals surface area contributed by atoms with Crippen LogP contribution in [0.25, 0.3) is 27.9 Å². The van der Waals surface area contributed by atoms with Gasteiger partial charge in [-0.3, -0.25) is 0 Å². The maximum absolute atomic E-state index is 6.68. The molecule has 1 aliphatic carbocycles. The molecule has 194 valence electrons. The van der Waals surface area contributed by atoms with Crippen molar-refractivity contribution in [2.45, 2.75) is 25.2 Å². The maximum Gasteiger partial charge on any atom is 0.196 e. The quantitative estimate of drug-likeness (QED) is 0.254. The molecule has 2 atom stereocenters. The molecule has 0 bridgehead atoms. The van der Waals surface area contributed by atoms with E-state index in [1.165, 1.54) is 44.6 Å². The second kappa shape index (κ2) is 9.35. The molecule has 3 aliphatic rings. The van der Waals surface area contributed by atoms with Crippen LogP contribution in [0.3, 0.4) is 0 Å². The van der Waals surface area contributed by atoms with E-state index in [1.54, 1.807) is 0 Å². The van der Waals surface area contributed by atoms with Crippen molar-refractivity contribution < 1.29 is 4.74 Å². The lowest BCUT2D eigenvalue weighted by Gasteiger charge is -2.29. The van der Waals surface area contributed by atoms with E-state index in [1.807, 2.05) is 6.07 Å². The van der Waals surface area contributed by atoms with Gasteiger partial charge in [0.1, 0.15) is 6.17 Å². The highest BCUT2D eigenvalue weighted by molar-refractivity contribution is 5.96. The minimum absolute atomic E-state index is 0.0505. The number of hydrogen-bond donors (Lipinski definition) is 2. The van der Waals surface area contributed by atoms with Gasteiger partial charge in [-0.1, -0.05) is 109 Å². The number of nitrogens with zero attached hydrogens (tertiary/aromatic N) is 1. The minimum atomic E-state index is -0.163. The molecular weight excluding hydrogens is 490 g/mol. The molecule has 0 radical (unpaired) electrons. The van der Waals surface area contributed by atoms with E-state index in [0.29, 0.717) is 0 Å². The normalized spacial score (nSPS) is 19.6. The average Bonchev–Trinajstić information content (AvgIpc) is 3.62. The highest BCUT2D eigenvalue weighted by Gasteiger charge is 2.36. The summed E-state index contributed by atoms with van der Waals surface area (Å²) < 4.78 is 9.17. The van der Waals surface area contributed by atoms with E-state index < -0.39 is 0 Å². The molecule has 0 fully saturated rings. The Morgan fingerprint density at radius 1 is 0.675 bits per heavy atom. The van der Waals surface area contributed by atoms with Crippen molar-refractivity contribution in [3.8, 4) is 0 Å². The lowest BCUT2D eigenvalue weighted by atomic mass is 9.97. The van der Waals surface area contributed by atoms with Gasteiger partial charge < -0.3 is 19.9 Å². The van der Waals surface area contributed by atoms with Gasteiger partial charge in [-0.15, -0.1) is 0 Å². The number of dihydropyridines is 1. The van der Waals surface area contributed by atoms with E-state index in [-0.39, 0.29) is 12.4 Å². The standard InChI is InChI=1S/C36H29N3O/c1-4-12-24(13-5-1)27-22-30(25-14-6-2-7-15-25)37-33(23-27)39-31-19-11-10-18-28(31)34-32(39)21-20-29-35(34)40-36(38-29)26-16-8-3-9-17-26/h1-19,22-23,33,36-38H,20-21H2. The molecule has 2 aliphatic heterocycles. The fourth-order valence-corrected chi connectivity index (χ4v) is 6.34. The lowest BCUT2D eigenvalue weighted by Crippen LogP contribution is -2.28. The van der Waals surface area contributed by atoms with Crippen LogP contribution in [0, 0.1) is 0 Å². The lowest BCUT2D eigenvalue weighted by molar-refractivity contribution is 0.174. The summed E-state index contributed by atoms with van der Waals surface area (Å²) in [6, 6.07) is 40.5. The molecule has 4 heteroatoms. The number of fused-ring (bicyclic) bond motifs is 4. The first-order chi connectivity index (χ1) is 19.8. The summed E-state index contributed by atoms with van der Waals surface area (Å²) in [4.78, 5) is 0. The van der Waals surface area contributed by atoms with Gasteiger partial charge in [-0.05, 0) is 47.8 Å². The molecule has 0 spiro atoms. The number of para-hydroxylation sites is 1. The van der Waals surface area contributed by atoms with Crippen LogP contribution in [-0.2, 0) is 11.2 Å². The van der Waals surface area contributed by atoms with E-state index in [0.717, 1.165) is 29.9 Å². The third kappa shape index (κ3) is 3.76. The zero-order chi connectivity index (χ0) is 26.5. The number of nitrogens with one attached hydrogen (secondary N) is 2. The maximum atomic E-state index is 6.68. The Balaban J connectivity index is 1.27. The summed E-state index contributed by atoms with van der Waals surface area (Å²) >= 11 is 0. The second-order valence-electron chi connectivity index (χ2n) is 10.6. The van der Waals surface area contributed by atoms with Crippen LogP contribution < -0.4 is 10.6 Å². The zero-order valence-electron chi connectivity index (χ0n) is 22.0. The predicted octanol–water partition coefficient (Wildman–Crippen LogP) is 7.80. The highest BCUT2D eigenvalue weighted by Crippen LogP contribution is 2.45. The van der Waals surface area contributed by atoms with Crippen molar-refractivity contribution in [3.05, 3.63) is 161 Å². The van der Waals surface area contributed by atoms with Gasteiger partial charge in [0.15, 0.2) is 12.0 Å². The Morgan fingerprint density at radius 3 is 2.12 bits per heavy atom.